The first-order valence-corrected chi connectivity index (χ1v) is 5.22. The Hall–Kier alpha value is -2.94. The van der Waals surface area contributed by atoms with Crippen molar-refractivity contribution in [3.8, 4) is 0 Å². The fraction of sp³-hybridized carbons (Fsp3) is 0. The molecule has 0 saturated carbocycles. The van der Waals surface area contributed by atoms with E-state index >= 15 is 0 Å². The second-order valence-electron chi connectivity index (χ2n) is 3.51. The monoisotopic (exact) mass is 257 g/mol. The fourth-order valence-corrected chi connectivity index (χ4v) is 1.45. The standard InChI is InChI=1S/C10H7N7O2/c18-9(8-12-2-1-3-13-8)17(19)10-15-6-4-11-5-14-7(6)16-10/h1-5,19H,(H,11,14,15,16). The molecule has 0 spiro atoms. The number of nitrogens with one attached hydrogen (secondary N) is 1. The van der Waals surface area contributed by atoms with Crippen molar-refractivity contribution >= 4 is 23.0 Å². The maximum absolute atomic E-state index is 11.9. The Morgan fingerprint density at radius 3 is 2.79 bits per heavy atom. The normalized spacial score (nSPS) is 10.6. The first kappa shape index (κ1) is 11.2. The van der Waals surface area contributed by atoms with Crippen LogP contribution in [0, 0.1) is 0 Å². The summed E-state index contributed by atoms with van der Waals surface area (Å²) in [6, 6.07) is 1.56. The number of hydroxylamine groups is 1. The first-order chi connectivity index (χ1) is 9.25. The van der Waals surface area contributed by atoms with Crippen molar-refractivity contribution in [2.45, 2.75) is 0 Å². The largest absolute Gasteiger partial charge is 0.322 e. The SMILES string of the molecule is O=C(c1ncccn1)N(O)c1nc2ncncc2[nH]1. The molecule has 0 saturated heterocycles. The molecule has 3 rings (SSSR count). The number of hydrogen-bond acceptors (Lipinski definition) is 7. The zero-order valence-electron chi connectivity index (χ0n) is 9.43. The Labute approximate surface area is 106 Å². The summed E-state index contributed by atoms with van der Waals surface area (Å²) in [7, 11) is 0. The van der Waals surface area contributed by atoms with Crippen molar-refractivity contribution in [3.05, 3.63) is 36.8 Å². The van der Waals surface area contributed by atoms with Gasteiger partial charge >= 0.3 is 5.91 Å². The number of rotatable bonds is 2. The average molecular weight is 257 g/mol. The molecule has 0 radical (unpaired) electrons. The lowest BCUT2D eigenvalue weighted by Gasteiger charge is -2.09. The van der Waals surface area contributed by atoms with Gasteiger partial charge in [0, 0.05) is 12.4 Å². The number of carbonyl (C=O) groups is 1. The van der Waals surface area contributed by atoms with E-state index in [0.29, 0.717) is 16.2 Å². The molecule has 19 heavy (non-hydrogen) atoms. The predicted octanol–water partition coefficient (Wildman–Crippen LogP) is 0.179. The molecule has 1 amide bonds. The minimum Gasteiger partial charge on any atom is -0.319 e. The lowest BCUT2D eigenvalue weighted by Crippen LogP contribution is -2.29. The highest BCUT2D eigenvalue weighted by Crippen LogP contribution is 2.14. The number of imidazole rings is 1. The molecule has 0 aliphatic heterocycles. The highest BCUT2D eigenvalue weighted by atomic mass is 16.5. The van der Waals surface area contributed by atoms with Crippen LogP contribution in [0.2, 0.25) is 0 Å². The molecule has 0 aromatic carbocycles. The summed E-state index contributed by atoms with van der Waals surface area (Å²) in [6.45, 7) is 0. The van der Waals surface area contributed by atoms with Crippen LogP contribution in [-0.4, -0.2) is 41.0 Å². The fourth-order valence-electron chi connectivity index (χ4n) is 1.45. The minimum absolute atomic E-state index is 0.0760. The molecule has 3 heterocycles. The molecule has 0 atom stereocenters. The number of anilines is 1. The lowest BCUT2D eigenvalue weighted by molar-refractivity contribution is 0.0838. The Kier molecular flexibility index (Phi) is 2.58. The molecule has 0 aliphatic carbocycles. The third-order valence-electron chi connectivity index (χ3n) is 2.30. The molecule has 3 aromatic heterocycles. The van der Waals surface area contributed by atoms with Gasteiger partial charge in [0.1, 0.15) is 11.8 Å². The van der Waals surface area contributed by atoms with Crippen LogP contribution in [0.25, 0.3) is 11.2 Å². The van der Waals surface area contributed by atoms with Gasteiger partial charge in [0.05, 0.1) is 6.20 Å². The van der Waals surface area contributed by atoms with Crippen LogP contribution >= 0.6 is 0 Å². The van der Waals surface area contributed by atoms with E-state index < -0.39 is 5.91 Å². The van der Waals surface area contributed by atoms with Gasteiger partial charge in [0.2, 0.25) is 11.8 Å². The quantitative estimate of drug-likeness (QED) is 0.496. The predicted molar refractivity (Wildman–Crippen MR) is 62.3 cm³/mol. The smallest absolute Gasteiger partial charge is 0.319 e. The number of carbonyl (C=O) groups excluding carboxylic acids is 1. The summed E-state index contributed by atoms with van der Waals surface area (Å²) in [4.78, 5) is 33.7. The minimum atomic E-state index is -0.799. The van der Waals surface area contributed by atoms with Crippen LogP contribution in [0.4, 0.5) is 5.95 Å². The van der Waals surface area contributed by atoms with Crippen LogP contribution in [0.5, 0.6) is 0 Å². The van der Waals surface area contributed by atoms with E-state index in [1.807, 2.05) is 0 Å². The lowest BCUT2D eigenvalue weighted by atomic mass is 10.5. The highest BCUT2D eigenvalue weighted by molar-refractivity contribution is 6.01. The topological polar surface area (TPSA) is 121 Å². The Bertz CT molecular complexity index is 694. The highest BCUT2D eigenvalue weighted by Gasteiger charge is 2.21. The molecule has 2 N–H and O–H groups in total. The van der Waals surface area contributed by atoms with E-state index in [0.717, 1.165) is 0 Å². The summed E-state index contributed by atoms with van der Waals surface area (Å²) in [5.41, 5.74) is 0.837. The van der Waals surface area contributed by atoms with Crippen LogP contribution in [0.3, 0.4) is 0 Å². The van der Waals surface area contributed by atoms with Crippen molar-refractivity contribution in [1.82, 2.24) is 29.9 Å². The van der Waals surface area contributed by atoms with E-state index in [1.165, 1.54) is 24.9 Å². The summed E-state index contributed by atoms with van der Waals surface area (Å²) < 4.78 is 0. The van der Waals surface area contributed by atoms with E-state index in [9.17, 15) is 10.0 Å². The summed E-state index contributed by atoms with van der Waals surface area (Å²) in [6.07, 6.45) is 5.60. The number of nitrogens with zero attached hydrogens (tertiary/aromatic N) is 6. The molecule has 0 aliphatic rings. The second kappa shape index (κ2) is 4.38. The Morgan fingerprint density at radius 2 is 2.05 bits per heavy atom. The number of aromatic amines is 1. The van der Waals surface area contributed by atoms with Crippen molar-refractivity contribution in [1.29, 1.82) is 0 Å². The van der Waals surface area contributed by atoms with Crippen molar-refractivity contribution < 1.29 is 10.0 Å². The van der Waals surface area contributed by atoms with Crippen molar-refractivity contribution in [2.24, 2.45) is 0 Å². The molecular formula is C10H7N7O2. The Morgan fingerprint density at radius 1 is 1.26 bits per heavy atom. The number of amides is 1. The first-order valence-electron chi connectivity index (χ1n) is 5.22. The van der Waals surface area contributed by atoms with Gasteiger partial charge in [-0.1, -0.05) is 0 Å². The molecule has 9 nitrogen and oxygen atoms in total. The zero-order chi connectivity index (χ0) is 13.2. The number of fused-ring (bicyclic) bond motifs is 1. The molecule has 3 aromatic rings. The van der Waals surface area contributed by atoms with Crippen LogP contribution in [-0.2, 0) is 0 Å². The van der Waals surface area contributed by atoms with E-state index in [2.05, 4.69) is 29.9 Å². The van der Waals surface area contributed by atoms with Crippen molar-refractivity contribution in [3.63, 3.8) is 0 Å². The zero-order valence-corrected chi connectivity index (χ0v) is 9.43. The number of H-pyrrole nitrogens is 1. The molecule has 9 heteroatoms. The maximum Gasteiger partial charge on any atom is 0.322 e. The van der Waals surface area contributed by atoms with Gasteiger partial charge in [-0.3, -0.25) is 10.0 Å². The van der Waals surface area contributed by atoms with Gasteiger partial charge < -0.3 is 4.98 Å². The Balaban J connectivity index is 1.95. The van der Waals surface area contributed by atoms with Crippen LogP contribution in [0.1, 0.15) is 10.6 Å². The van der Waals surface area contributed by atoms with Crippen molar-refractivity contribution in [2.75, 3.05) is 5.06 Å². The number of aromatic nitrogens is 6. The molecular weight excluding hydrogens is 250 g/mol. The van der Waals surface area contributed by atoms with Crippen LogP contribution < -0.4 is 5.06 Å². The van der Waals surface area contributed by atoms with Gasteiger partial charge in [-0.15, -0.1) is 5.06 Å². The third-order valence-corrected chi connectivity index (χ3v) is 2.30. The number of hydrogen-bond donors (Lipinski definition) is 2. The maximum atomic E-state index is 11.9. The molecule has 0 fully saturated rings. The van der Waals surface area contributed by atoms with Gasteiger partial charge in [0.25, 0.3) is 0 Å². The third kappa shape index (κ3) is 1.98. The van der Waals surface area contributed by atoms with E-state index in [1.54, 1.807) is 6.07 Å². The van der Waals surface area contributed by atoms with Gasteiger partial charge in [-0.05, 0) is 6.07 Å². The molecule has 0 unspecified atom stereocenters. The van der Waals surface area contributed by atoms with Gasteiger partial charge in [-0.25, -0.2) is 19.9 Å². The van der Waals surface area contributed by atoms with E-state index in [-0.39, 0.29) is 11.8 Å². The van der Waals surface area contributed by atoms with Crippen LogP contribution in [0.15, 0.2) is 31.0 Å². The summed E-state index contributed by atoms with van der Waals surface area (Å²) >= 11 is 0. The second-order valence-corrected chi connectivity index (χ2v) is 3.51. The molecule has 94 valence electrons. The van der Waals surface area contributed by atoms with Gasteiger partial charge in [0.15, 0.2) is 5.65 Å². The van der Waals surface area contributed by atoms with E-state index in [4.69, 9.17) is 0 Å². The summed E-state index contributed by atoms with van der Waals surface area (Å²) in [5.74, 6) is -1.02. The summed E-state index contributed by atoms with van der Waals surface area (Å²) in [5, 5.41) is 10.1. The molecule has 0 bridgehead atoms. The average Bonchev–Trinajstić information content (AvgIpc) is 2.90. The van der Waals surface area contributed by atoms with Gasteiger partial charge in [-0.2, -0.15) is 4.98 Å².